The van der Waals surface area contributed by atoms with Crippen LogP contribution in [-0.4, -0.2) is 66.2 Å². The number of nitrogens with one attached hydrogen (secondary N) is 1. The van der Waals surface area contributed by atoms with Gasteiger partial charge >= 0.3 is 12.1 Å². The first-order valence-electron chi connectivity index (χ1n) is 7.98. The largest absolute Gasteiger partial charge is 0.444 e. The first-order chi connectivity index (χ1) is 10.7. The monoisotopic (exact) mass is 333 g/mol. The predicted octanol–water partition coefficient (Wildman–Crippen LogP) is 2.29. The molecule has 0 aromatic heterocycles. The first-order valence-corrected chi connectivity index (χ1v) is 7.98. The summed E-state index contributed by atoms with van der Waals surface area (Å²) < 4.78 is 29.9. The van der Waals surface area contributed by atoms with Crippen molar-refractivity contribution in [2.24, 2.45) is 5.92 Å². The zero-order valence-electron chi connectivity index (χ0n) is 13.8. The fourth-order valence-electron chi connectivity index (χ4n) is 3.17. The highest BCUT2D eigenvalue weighted by atomic mass is 19.3. The molecule has 2 atom stereocenters. The van der Waals surface area contributed by atoms with E-state index in [-0.39, 0.29) is 18.1 Å². The minimum atomic E-state index is -2.57. The molecule has 0 bridgehead atoms. The Hall–Kier alpha value is -1.60. The van der Waals surface area contributed by atoms with Gasteiger partial charge in [0.25, 0.3) is 6.43 Å². The molecule has 3 amide bonds. The molecule has 0 aromatic rings. The Labute approximate surface area is 135 Å². The van der Waals surface area contributed by atoms with Crippen LogP contribution in [0, 0.1) is 5.92 Å². The molecule has 0 unspecified atom stereocenters. The molecule has 0 spiro atoms. The quantitative estimate of drug-likeness (QED) is 0.843. The number of carbonyl (C=O) groups excluding carboxylic acids is 2. The molecule has 132 valence electrons. The number of rotatable bonds is 2. The number of hydrogen-bond acceptors (Lipinski definition) is 3. The van der Waals surface area contributed by atoms with Crippen molar-refractivity contribution < 1.29 is 23.1 Å². The van der Waals surface area contributed by atoms with Crippen LogP contribution in [0.4, 0.5) is 18.4 Å². The highest BCUT2D eigenvalue weighted by molar-refractivity contribution is 5.75. The first kappa shape index (κ1) is 17.7. The van der Waals surface area contributed by atoms with Crippen LogP contribution in [0.25, 0.3) is 0 Å². The third-order valence-electron chi connectivity index (χ3n) is 4.10. The maximum Gasteiger partial charge on any atom is 0.410 e. The van der Waals surface area contributed by atoms with E-state index in [2.05, 4.69) is 5.32 Å². The molecule has 0 radical (unpaired) electrons. The minimum Gasteiger partial charge on any atom is -0.444 e. The Balaban J connectivity index is 1.97. The summed E-state index contributed by atoms with van der Waals surface area (Å²) in [7, 11) is 0. The summed E-state index contributed by atoms with van der Waals surface area (Å²) >= 11 is 0. The number of amides is 3. The number of carbonyl (C=O) groups is 2. The maximum absolute atomic E-state index is 12.3. The van der Waals surface area contributed by atoms with Crippen LogP contribution in [-0.2, 0) is 4.74 Å². The summed E-state index contributed by atoms with van der Waals surface area (Å²) in [6, 6.07) is -0.611. The molecule has 0 aromatic carbocycles. The van der Waals surface area contributed by atoms with E-state index in [1.54, 1.807) is 30.6 Å². The normalized spacial score (nSPS) is 24.6. The number of halogens is 2. The summed E-state index contributed by atoms with van der Waals surface area (Å²) in [6.07, 6.45) is -1.23. The summed E-state index contributed by atoms with van der Waals surface area (Å²) in [5.41, 5.74) is -0.570. The van der Waals surface area contributed by atoms with Gasteiger partial charge in [-0.05, 0) is 39.5 Å². The second-order valence-corrected chi connectivity index (χ2v) is 7.13. The number of piperidine rings is 1. The zero-order chi connectivity index (χ0) is 17.2. The van der Waals surface area contributed by atoms with Crippen molar-refractivity contribution in [3.63, 3.8) is 0 Å². The third kappa shape index (κ3) is 4.68. The Morgan fingerprint density at radius 2 is 2.00 bits per heavy atom. The van der Waals surface area contributed by atoms with E-state index >= 15 is 0 Å². The average molecular weight is 333 g/mol. The Morgan fingerprint density at radius 1 is 1.30 bits per heavy atom. The number of urea groups is 1. The summed E-state index contributed by atoms with van der Waals surface area (Å²) in [6.45, 7) is 6.22. The van der Waals surface area contributed by atoms with Crippen molar-refractivity contribution in [2.45, 2.75) is 51.7 Å². The van der Waals surface area contributed by atoms with E-state index in [9.17, 15) is 18.4 Å². The SMILES string of the molecule is CC(C)(C)OC(=O)N1C[C@@H]2CCCN(C(=O)NCC(F)F)[C@@H]2C1. The van der Waals surface area contributed by atoms with Crippen molar-refractivity contribution in [3.8, 4) is 0 Å². The summed E-state index contributed by atoms with van der Waals surface area (Å²) in [5.74, 6) is 0.175. The van der Waals surface area contributed by atoms with Crippen LogP contribution >= 0.6 is 0 Å². The molecule has 2 heterocycles. The average Bonchev–Trinajstić information content (AvgIpc) is 2.86. The van der Waals surface area contributed by atoms with E-state index in [1.165, 1.54) is 0 Å². The standard InChI is InChI=1S/C15H25F2N3O3/c1-15(2,3)23-14(22)19-8-10-5-4-6-20(11(10)9-19)13(21)18-7-12(16)17/h10-12H,4-9H2,1-3H3,(H,18,21)/t10-,11+/m0/s1. The molecule has 0 aliphatic carbocycles. The molecular formula is C15H25F2N3O3. The summed E-state index contributed by atoms with van der Waals surface area (Å²) in [4.78, 5) is 27.5. The van der Waals surface area contributed by atoms with Crippen molar-refractivity contribution >= 4 is 12.1 Å². The van der Waals surface area contributed by atoms with Crippen LogP contribution in [0.3, 0.4) is 0 Å². The molecule has 2 rings (SSSR count). The smallest absolute Gasteiger partial charge is 0.410 e. The molecule has 23 heavy (non-hydrogen) atoms. The number of likely N-dealkylation sites (tertiary alicyclic amines) is 2. The van der Waals surface area contributed by atoms with Crippen LogP contribution in [0.2, 0.25) is 0 Å². The zero-order valence-corrected chi connectivity index (χ0v) is 13.8. The number of hydrogen-bond donors (Lipinski definition) is 1. The molecule has 0 saturated carbocycles. The van der Waals surface area contributed by atoms with Gasteiger partial charge in [0.1, 0.15) is 5.60 Å². The van der Waals surface area contributed by atoms with Gasteiger partial charge in [-0.1, -0.05) is 0 Å². The Kier molecular flexibility index (Phi) is 5.31. The van der Waals surface area contributed by atoms with Gasteiger partial charge in [-0.2, -0.15) is 0 Å². The highest BCUT2D eigenvalue weighted by Crippen LogP contribution is 2.31. The topological polar surface area (TPSA) is 61.9 Å². The fourth-order valence-corrected chi connectivity index (χ4v) is 3.17. The molecule has 1 N–H and O–H groups in total. The maximum atomic E-state index is 12.3. The van der Waals surface area contributed by atoms with E-state index in [0.717, 1.165) is 12.8 Å². The second-order valence-electron chi connectivity index (χ2n) is 7.13. The minimum absolute atomic E-state index is 0.131. The molecule has 2 fully saturated rings. The lowest BCUT2D eigenvalue weighted by molar-refractivity contribution is 0.0282. The number of alkyl halides is 2. The van der Waals surface area contributed by atoms with Gasteiger partial charge in [-0.25, -0.2) is 18.4 Å². The Morgan fingerprint density at radius 3 is 2.61 bits per heavy atom. The van der Waals surface area contributed by atoms with Gasteiger partial charge in [-0.15, -0.1) is 0 Å². The van der Waals surface area contributed by atoms with Crippen molar-refractivity contribution in [2.75, 3.05) is 26.2 Å². The lowest BCUT2D eigenvalue weighted by Gasteiger charge is -2.36. The van der Waals surface area contributed by atoms with Crippen LogP contribution < -0.4 is 5.32 Å². The second kappa shape index (κ2) is 6.88. The lowest BCUT2D eigenvalue weighted by Crippen LogP contribution is -2.53. The summed E-state index contributed by atoms with van der Waals surface area (Å²) in [5, 5.41) is 2.25. The molecule has 8 heteroatoms. The lowest BCUT2D eigenvalue weighted by atomic mass is 9.92. The van der Waals surface area contributed by atoms with E-state index in [0.29, 0.717) is 19.6 Å². The fraction of sp³-hybridized carbons (Fsp3) is 0.867. The van der Waals surface area contributed by atoms with Crippen LogP contribution in [0.5, 0.6) is 0 Å². The highest BCUT2D eigenvalue weighted by Gasteiger charge is 2.43. The van der Waals surface area contributed by atoms with Crippen molar-refractivity contribution in [3.05, 3.63) is 0 Å². The van der Waals surface area contributed by atoms with Crippen molar-refractivity contribution in [1.82, 2.24) is 15.1 Å². The molecule has 6 nitrogen and oxygen atoms in total. The van der Waals surface area contributed by atoms with Gasteiger partial charge in [0.2, 0.25) is 0 Å². The molecule has 2 aliphatic rings. The van der Waals surface area contributed by atoms with Crippen molar-refractivity contribution in [1.29, 1.82) is 0 Å². The van der Waals surface area contributed by atoms with Gasteiger partial charge in [0, 0.05) is 19.6 Å². The van der Waals surface area contributed by atoms with Crippen LogP contribution in [0.15, 0.2) is 0 Å². The number of ether oxygens (including phenoxy) is 1. The molecule has 2 saturated heterocycles. The number of fused-ring (bicyclic) bond motifs is 1. The van der Waals surface area contributed by atoms with Gasteiger partial charge in [-0.3, -0.25) is 0 Å². The van der Waals surface area contributed by atoms with E-state index in [4.69, 9.17) is 4.74 Å². The van der Waals surface area contributed by atoms with Gasteiger partial charge in [0.15, 0.2) is 0 Å². The Bertz CT molecular complexity index is 454. The molecule has 2 aliphatic heterocycles. The van der Waals surface area contributed by atoms with E-state index in [1.807, 2.05) is 0 Å². The van der Waals surface area contributed by atoms with E-state index < -0.39 is 24.6 Å². The predicted molar refractivity (Wildman–Crippen MR) is 80.4 cm³/mol. The number of nitrogens with zero attached hydrogens (tertiary/aromatic N) is 2. The molecular weight excluding hydrogens is 308 g/mol. The van der Waals surface area contributed by atoms with Gasteiger partial charge in [0.05, 0.1) is 12.6 Å². The van der Waals surface area contributed by atoms with Gasteiger partial charge < -0.3 is 19.9 Å². The van der Waals surface area contributed by atoms with Crippen LogP contribution in [0.1, 0.15) is 33.6 Å². The third-order valence-corrected chi connectivity index (χ3v) is 4.10.